The molecule has 1 aromatic carbocycles. The summed E-state index contributed by atoms with van der Waals surface area (Å²) in [6.07, 6.45) is 7.74. The van der Waals surface area contributed by atoms with Gasteiger partial charge in [0, 0.05) is 12.1 Å². The lowest BCUT2D eigenvalue weighted by molar-refractivity contribution is -0.385. The summed E-state index contributed by atoms with van der Waals surface area (Å²) in [6.45, 7) is 0.682. The first-order chi connectivity index (χ1) is 9.16. The highest BCUT2D eigenvalue weighted by atomic mass is 79.9. The quantitative estimate of drug-likeness (QED) is 0.581. The monoisotopic (exact) mass is 327 g/mol. The number of nitro benzene ring substituents is 1. The fourth-order valence-corrected chi connectivity index (χ4v) is 3.01. The zero-order valence-corrected chi connectivity index (χ0v) is 12.4. The van der Waals surface area contributed by atoms with E-state index in [1.54, 1.807) is 6.07 Å². The fraction of sp³-hybridized carbons (Fsp3) is 0.571. The minimum absolute atomic E-state index is 0.0755. The van der Waals surface area contributed by atoms with Crippen molar-refractivity contribution < 1.29 is 9.66 Å². The summed E-state index contributed by atoms with van der Waals surface area (Å²) in [4.78, 5) is 10.2. The smallest absolute Gasteiger partial charge is 0.270 e. The van der Waals surface area contributed by atoms with Gasteiger partial charge in [0.15, 0.2) is 0 Å². The van der Waals surface area contributed by atoms with Gasteiger partial charge in [0.25, 0.3) is 5.69 Å². The molecule has 5 heteroatoms. The zero-order valence-electron chi connectivity index (χ0n) is 10.8. The standard InChI is InChI=1S/C14H18BrNO3/c15-13-10-12(16(17)18)6-7-14(13)19-9-8-11-4-2-1-3-5-11/h6-7,10-11H,1-5,8-9H2. The molecular formula is C14H18BrNO3. The number of nitrogens with zero attached hydrogens (tertiary/aromatic N) is 1. The van der Waals surface area contributed by atoms with Crippen LogP contribution in [-0.4, -0.2) is 11.5 Å². The van der Waals surface area contributed by atoms with Crippen LogP contribution in [0.1, 0.15) is 38.5 Å². The van der Waals surface area contributed by atoms with Crippen molar-refractivity contribution in [3.05, 3.63) is 32.8 Å². The van der Waals surface area contributed by atoms with Crippen LogP contribution in [0.4, 0.5) is 5.69 Å². The number of rotatable bonds is 5. The Kier molecular flexibility index (Phi) is 5.19. The predicted molar refractivity (Wildman–Crippen MR) is 77.5 cm³/mol. The summed E-state index contributed by atoms with van der Waals surface area (Å²) in [5, 5.41) is 10.6. The van der Waals surface area contributed by atoms with E-state index in [-0.39, 0.29) is 5.69 Å². The third-order valence-electron chi connectivity index (χ3n) is 3.63. The van der Waals surface area contributed by atoms with Crippen LogP contribution in [0.3, 0.4) is 0 Å². The number of nitro groups is 1. The summed E-state index contributed by atoms with van der Waals surface area (Å²) < 4.78 is 6.35. The summed E-state index contributed by atoms with van der Waals surface area (Å²) in [5.41, 5.74) is 0.0755. The van der Waals surface area contributed by atoms with Gasteiger partial charge in [0.1, 0.15) is 5.75 Å². The summed E-state index contributed by atoms with van der Waals surface area (Å²) in [6, 6.07) is 4.61. The highest BCUT2D eigenvalue weighted by molar-refractivity contribution is 9.10. The lowest BCUT2D eigenvalue weighted by atomic mass is 9.87. The highest BCUT2D eigenvalue weighted by Gasteiger charge is 2.14. The molecule has 19 heavy (non-hydrogen) atoms. The highest BCUT2D eigenvalue weighted by Crippen LogP contribution is 2.30. The molecule has 0 spiro atoms. The van der Waals surface area contributed by atoms with Crippen molar-refractivity contribution in [3.8, 4) is 5.75 Å². The Morgan fingerprint density at radius 3 is 2.68 bits per heavy atom. The Bertz CT molecular complexity index is 444. The minimum atomic E-state index is -0.406. The molecule has 0 bridgehead atoms. The number of benzene rings is 1. The molecule has 1 saturated carbocycles. The van der Waals surface area contributed by atoms with E-state index in [0.717, 1.165) is 12.3 Å². The molecule has 0 aromatic heterocycles. The molecule has 0 heterocycles. The summed E-state index contributed by atoms with van der Waals surface area (Å²) in [7, 11) is 0. The molecule has 1 aliphatic carbocycles. The van der Waals surface area contributed by atoms with Crippen molar-refractivity contribution in [2.45, 2.75) is 38.5 Å². The van der Waals surface area contributed by atoms with Crippen molar-refractivity contribution in [3.63, 3.8) is 0 Å². The largest absolute Gasteiger partial charge is 0.492 e. The third kappa shape index (κ3) is 4.20. The second-order valence-electron chi connectivity index (χ2n) is 5.01. The van der Waals surface area contributed by atoms with Crippen LogP contribution in [0.2, 0.25) is 0 Å². The maximum absolute atomic E-state index is 10.6. The molecule has 0 unspecified atom stereocenters. The van der Waals surface area contributed by atoms with Gasteiger partial charge in [-0.2, -0.15) is 0 Å². The van der Waals surface area contributed by atoms with Gasteiger partial charge >= 0.3 is 0 Å². The SMILES string of the molecule is O=[N+]([O-])c1ccc(OCCC2CCCCC2)c(Br)c1. The third-order valence-corrected chi connectivity index (χ3v) is 4.25. The van der Waals surface area contributed by atoms with E-state index in [1.807, 2.05) is 0 Å². The van der Waals surface area contributed by atoms with E-state index in [4.69, 9.17) is 4.74 Å². The topological polar surface area (TPSA) is 52.4 Å². The van der Waals surface area contributed by atoms with Crippen LogP contribution < -0.4 is 4.74 Å². The molecule has 0 radical (unpaired) electrons. The Labute approximate surface area is 121 Å². The van der Waals surface area contributed by atoms with Crippen LogP contribution >= 0.6 is 15.9 Å². The maximum Gasteiger partial charge on any atom is 0.270 e. The average molecular weight is 328 g/mol. The van der Waals surface area contributed by atoms with E-state index >= 15 is 0 Å². The number of non-ortho nitro benzene ring substituents is 1. The van der Waals surface area contributed by atoms with Crippen LogP contribution in [0.5, 0.6) is 5.75 Å². The fourth-order valence-electron chi connectivity index (χ4n) is 2.53. The number of hydrogen-bond acceptors (Lipinski definition) is 3. The molecule has 0 N–H and O–H groups in total. The summed E-state index contributed by atoms with van der Waals surface area (Å²) in [5.74, 6) is 1.46. The van der Waals surface area contributed by atoms with Gasteiger partial charge in [-0.25, -0.2) is 0 Å². The lowest BCUT2D eigenvalue weighted by Gasteiger charge is -2.21. The van der Waals surface area contributed by atoms with Crippen LogP contribution in [0, 0.1) is 16.0 Å². The van der Waals surface area contributed by atoms with E-state index in [1.165, 1.54) is 44.2 Å². The summed E-state index contributed by atoms with van der Waals surface area (Å²) >= 11 is 3.31. The van der Waals surface area contributed by atoms with Gasteiger partial charge in [-0.1, -0.05) is 32.1 Å². The van der Waals surface area contributed by atoms with Crippen molar-refractivity contribution >= 4 is 21.6 Å². The van der Waals surface area contributed by atoms with Crippen molar-refractivity contribution in [2.24, 2.45) is 5.92 Å². The molecule has 104 valence electrons. The first-order valence-electron chi connectivity index (χ1n) is 6.73. The predicted octanol–water partition coefficient (Wildman–Crippen LogP) is 4.71. The Balaban J connectivity index is 1.83. The Morgan fingerprint density at radius 2 is 2.05 bits per heavy atom. The normalized spacial score (nSPS) is 16.3. The molecule has 2 rings (SSSR count). The van der Waals surface area contributed by atoms with Crippen LogP contribution in [0.15, 0.2) is 22.7 Å². The maximum atomic E-state index is 10.6. The van der Waals surface area contributed by atoms with Crippen molar-refractivity contribution in [1.29, 1.82) is 0 Å². The lowest BCUT2D eigenvalue weighted by Crippen LogP contribution is -2.10. The van der Waals surface area contributed by atoms with Gasteiger partial charge in [-0.15, -0.1) is 0 Å². The van der Waals surface area contributed by atoms with Crippen molar-refractivity contribution in [2.75, 3.05) is 6.61 Å². The second kappa shape index (κ2) is 6.89. The van der Waals surface area contributed by atoms with Crippen molar-refractivity contribution in [1.82, 2.24) is 0 Å². The molecule has 4 nitrogen and oxygen atoms in total. The van der Waals surface area contributed by atoms with Gasteiger partial charge < -0.3 is 4.74 Å². The molecular weight excluding hydrogens is 310 g/mol. The van der Waals surface area contributed by atoms with Gasteiger partial charge in [-0.05, 0) is 34.3 Å². The molecule has 0 aliphatic heterocycles. The second-order valence-corrected chi connectivity index (χ2v) is 5.87. The van der Waals surface area contributed by atoms with E-state index < -0.39 is 4.92 Å². The number of halogens is 1. The zero-order chi connectivity index (χ0) is 13.7. The van der Waals surface area contributed by atoms with E-state index in [9.17, 15) is 10.1 Å². The first-order valence-corrected chi connectivity index (χ1v) is 7.53. The van der Waals surface area contributed by atoms with Gasteiger partial charge in [0.05, 0.1) is 16.0 Å². The Morgan fingerprint density at radius 1 is 1.32 bits per heavy atom. The first kappa shape index (κ1) is 14.3. The molecule has 0 amide bonds. The number of hydrogen-bond donors (Lipinski definition) is 0. The average Bonchev–Trinajstić information content (AvgIpc) is 2.41. The van der Waals surface area contributed by atoms with Gasteiger partial charge in [-0.3, -0.25) is 10.1 Å². The van der Waals surface area contributed by atoms with Gasteiger partial charge in [0.2, 0.25) is 0 Å². The molecule has 0 saturated heterocycles. The van der Waals surface area contributed by atoms with E-state index in [0.29, 0.717) is 16.8 Å². The molecule has 1 fully saturated rings. The minimum Gasteiger partial charge on any atom is -0.492 e. The molecule has 1 aliphatic rings. The van der Waals surface area contributed by atoms with Crippen LogP contribution in [0.25, 0.3) is 0 Å². The number of ether oxygens (including phenoxy) is 1. The molecule has 0 atom stereocenters. The van der Waals surface area contributed by atoms with Crippen LogP contribution in [-0.2, 0) is 0 Å². The Hall–Kier alpha value is -1.10. The molecule has 1 aromatic rings. The van der Waals surface area contributed by atoms with E-state index in [2.05, 4.69) is 15.9 Å².